The summed E-state index contributed by atoms with van der Waals surface area (Å²) in [6.45, 7) is 1.62. The minimum atomic E-state index is -0.621. The predicted molar refractivity (Wildman–Crippen MR) is 98.5 cm³/mol. The smallest absolute Gasteiger partial charge is 0.408 e. The zero-order valence-electron chi connectivity index (χ0n) is 13.1. The Morgan fingerprint density at radius 1 is 1.16 bits per heavy atom. The average Bonchev–Trinajstić information content (AvgIpc) is 2.81. The summed E-state index contributed by atoms with van der Waals surface area (Å²) in [4.78, 5) is 24.3. The van der Waals surface area contributed by atoms with Gasteiger partial charge < -0.3 is 9.73 Å². The molecule has 0 aliphatic rings. The molecule has 1 atom stereocenters. The van der Waals surface area contributed by atoms with Crippen LogP contribution in [0.1, 0.15) is 18.5 Å². The van der Waals surface area contributed by atoms with Gasteiger partial charge in [0, 0.05) is 21.1 Å². The third-order valence-electron chi connectivity index (χ3n) is 3.74. The molecule has 1 aromatic heterocycles. The van der Waals surface area contributed by atoms with Crippen LogP contribution in [0.15, 0.2) is 45.6 Å². The normalized spacial score (nSPS) is 12.3. The highest BCUT2D eigenvalue weighted by Crippen LogP contribution is 2.26. The first-order chi connectivity index (χ1) is 11.8. The Hall–Kier alpha value is -1.95. The second kappa shape index (κ2) is 7.12. The summed E-state index contributed by atoms with van der Waals surface area (Å²) in [6.07, 6.45) is 0. The number of fused-ring (bicyclic) bond motifs is 1. The van der Waals surface area contributed by atoms with Crippen molar-refractivity contribution in [2.24, 2.45) is 0 Å². The molecular formula is C17H13Cl3N2O3. The van der Waals surface area contributed by atoms with Crippen molar-refractivity contribution >= 4 is 51.8 Å². The van der Waals surface area contributed by atoms with Gasteiger partial charge in [0.2, 0.25) is 5.91 Å². The van der Waals surface area contributed by atoms with E-state index in [-0.39, 0.29) is 18.5 Å². The molecule has 1 heterocycles. The molecule has 0 spiro atoms. The van der Waals surface area contributed by atoms with E-state index >= 15 is 0 Å². The lowest BCUT2D eigenvalue weighted by molar-refractivity contribution is -0.122. The lowest BCUT2D eigenvalue weighted by Crippen LogP contribution is -2.32. The minimum absolute atomic E-state index is 0.178. The molecular weight excluding hydrogens is 387 g/mol. The Labute approximate surface area is 158 Å². The molecule has 130 valence electrons. The first kappa shape index (κ1) is 17.9. The van der Waals surface area contributed by atoms with Crippen molar-refractivity contribution in [3.8, 4) is 0 Å². The van der Waals surface area contributed by atoms with Crippen LogP contribution in [0.3, 0.4) is 0 Å². The third kappa shape index (κ3) is 3.84. The minimum Gasteiger partial charge on any atom is -0.408 e. The van der Waals surface area contributed by atoms with Crippen molar-refractivity contribution in [1.29, 1.82) is 0 Å². The summed E-state index contributed by atoms with van der Waals surface area (Å²) in [5, 5.41) is 4.23. The van der Waals surface area contributed by atoms with Gasteiger partial charge in [-0.05, 0) is 36.8 Å². The number of amides is 1. The first-order valence-corrected chi connectivity index (χ1v) is 8.52. The fraction of sp³-hybridized carbons (Fsp3) is 0.176. The number of hydrogen-bond acceptors (Lipinski definition) is 3. The van der Waals surface area contributed by atoms with E-state index in [4.69, 9.17) is 39.2 Å². The molecule has 25 heavy (non-hydrogen) atoms. The molecule has 0 aliphatic carbocycles. The van der Waals surface area contributed by atoms with Crippen LogP contribution in [0.25, 0.3) is 11.1 Å². The molecule has 8 heteroatoms. The Morgan fingerprint density at radius 3 is 2.56 bits per heavy atom. The summed E-state index contributed by atoms with van der Waals surface area (Å²) in [5.74, 6) is -0.970. The van der Waals surface area contributed by atoms with Crippen LogP contribution in [-0.4, -0.2) is 10.5 Å². The maximum Gasteiger partial charge on any atom is 0.420 e. The van der Waals surface area contributed by atoms with Gasteiger partial charge in [-0.3, -0.25) is 9.36 Å². The van der Waals surface area contributed by atoms with Crippen molar-refractivity contribution in [2.75, 3.05) is 0 Å². The van der Waals surface area contributed by atoms with Crippen LogP contribution in [0, 0.1) is 0 Å². The second-order valence-corrected chi connectivity index (χ2v) is 6.80. The standard InChI is InChI=1S/C17H13Cl3N2O3/c1-9(12-4-2-10(18)6-13(12)20)21-16(23)8-22-14-5-3-11(19)7-15(14)25-17(22)24/h2-7,9H,8H2,1H3,(H,21,23)/t9-/m1/s1. The maximum absolute atomic E-state index is 12.3. The quantitative estimate of drug-likeness (QED) is 0.706. The van der Waals surface area contributed by atoms with Gasteiger partial charge in [-0.2, -0.15) is 0 Å². The lowest BCUT2D eigenvalue weighted by Gasteiger charge is -2.16. The highest BCUT2D eigenvalue weighted by atomic mass is 35.5. The summed E-state index contributed by atoms with van der Waals surface area (Å²) in [6, 6.07) is 9.50. The number of aromatic nitrogens is 1. The highest BCUT2D eigenvalue weighted by Gasteiger charge is 2.16. The predicted octanol–water partition coefficient (Wildman–Crippen LogP) is 4.43. The molecule has 1 amide bonds. The molecule has 0 unspecified atom stereocenters. The Bertz CT molecular complexity index is 1010. The van der Waals surface area contributed by atoms with E-state index in [0.29, 0.717) is 26.2 Å². The summed E-state index contributed by atoms with van der Waals surface area (Å²) in [7, 11) is 0. The monoisotopic (exact) mass is 398 g/mol. The summed E-state index contributed by atoms with van der Waals surface area (Å²) < 4.78 is 6.36. The van der Waals surface area contributed by atoms with Gasteiger partial charge in [0.25, 0.3) is 0 Å². The average molecular weight is 400 g/mol. The molecule has 0 saturated carbocycles. The second-order valence-electron chi connectivity index (χ2n) is 5.52. The van der Waals surface area contributed by atoms with E-state index in [2.05, 4.69) is 5.32 Å². The molecule has 0 saturated heterocycles. The molecule has 0 radical (unpaired) electrons. The Morgan fingerprint density at radius 2 is 1.84 bits per heavy atom. The van der Waals surface area contributed by atoms with Gasteiger partial charge in [0.15, 0.2) is 5.58 Å². The van der Waals surface area contributed by atoms with Crippen LogP contribution in [0.5, 0.6) is 0 Å². The largest absolute Gasteiger partial charge is 0.420 e. The van der Waals surface area contributed by atoms with E-state index in [9.17, 15) is 9.59 Å². The van der Waals surface area contributed by atoms with Gasteiger partial charge >= 0.3 is 5.76 Å². The summed E-state index contributed by atoms with van der Waals surface area (Å²) >= 11 is 17.9. The van der Waals surface area contributed by atoms with E-state index in [1.54, 1.807) is 37.3 Å². The number of rotatable bonds is 4. The van der Waals surface area contributed by atoms with Crippen molar-refractivity contribution < 1.29 is 9.21 Å². The van der Waals surface area contributed by atoms with Crippen LogP contribution in [-0.2, 0) is 11.3 Å². The topological polar surface area (TPSA) is 64.2 Å². The Balaban J connectivity index is 1.79. The molecule has 5 nitrogen and oxygen atoms in total. The zero-order chi connectivity index (χ0) is 18.1. The van der Waals surface area contributed by atoms with Crippen molar-refractivity contribution in [3.05, 3.63) is 67.6 Å². The SMILES string of the molecule is C[C@@H](NC(=O)Cn1c(=O)oc2cc(Cl)ccc21)c1ccc(Cl)cc1Cl. The molecule has 0 fully saturated rings. The molecule has 2 aromatic carbocycles. The van der Waals surface area contributed by atoms with E-state index < -0.39 is 5.76 Å². The van der Waals surface area contributed by atoms with Crippen LogP contribution in [0.2, 0.25) is 15.1 Å². The molecule has 3 rings (SSSR count). The maximum atomic E-state index is 12.3. The number of hydrogen-bond donors (Lipinski definition) is 1. The third-order valence-corrected chi connectivity index (χ3v) is 4.54. The molecule has 0 aliphatic heterocycles. The van der Waals surface area contributed by atoms with E-state index in [1.165, 1.54) is 10.6 Å². The number of oxazole rings is 1. The van der Waals surface area contributed by atoms with Crippen LogP contribution < -0.4 is 11.1 Å². The van der Waals surface area contributed by atoms with Crippen molar-refractivity contribution in [1.82, 2.24) is 9.88 Å². The van der Waals surface area contributed by atoms with E-state index in [1.807, 2.05) is 0 Å². The number of carbonyl (C=O) groups excluding carboxylic acids is 1. The van der Waals surface area contributed by atoms with Crippen molar-refractivity contribution in [3.63, 3.8) is 0 Å². The van der Waals surface area contributed by atoms with Gasteiger partial charge in [-0.25, -0.2) is 4.79 Å². The number of carbonyl (C=O) groups is 1. The van der Waals surface area contributed by atoms with Gasteiger partial charge in [0.1, 0.15) is 6.54 Å². The van der Waals surface area contributed by atoms with Crippen molar-refractivity contribution in [2.45, 2.75) is 19.5 Å². The molecule has 1 N–H and O–H groups in total. The summed E-state index contributed by atoms with van der Waals surface area (Å²) in [5.41, 5.74) is 1.57. The number of nitrogens with zero attached hydrogens (tertiary/aromatic N) is 1. The first-order valence-electron chi connectivity index (χ1n) is 7.38. The molecule has 0 bridgehead atoms. The molecule has 3 aromatic rings. The number of nitrogens with one attached hydrogen (secondary N) is 1. The van der Waals surface area contributed by atoms with E-state index in [0.717, 1.165) is 5.56 Å². The number of benzene rings is 2. The highest BCUT2D eigenvalue weighted by molar-refractivity contribution is 6.35. The van der Waals surface area contributed by atoms with Gasteiger partial charge in [0.05, 0.1) is 11.6 Å². The fourth-order valence-corrected chi connectivity index (χ4v) is 3.29. The fourth-order valence-electron chi connectivity index (χ4n) is 2.55. The van der Waals surface area contributed by atoms with Gasteiger partial charge in [-0.15, -0.1) is 0 Å². The lowest BCUT2D eigenvalue weighted by atomic mass is 10.1. The van der Waals surface area contributed by atoms with Gasteiger partial charge in [-0.1, -0.05) is 40.9 Å². The zero-order valence-corrected chi connectivity index (χ0v) is 15.3. The van der Waals surface area contributed by atoms with Crippen LogP contribution in [0.4, 0.5) is 0 Å². The van der Waals surface area contributed by atoms with Crippen LogP contribution >= 0.6 is 34.8 Å². The Kier molecular flexibility index (Phi) is 5.08. The number of halogens is 3.